The summed E-state index contributed by atoms with van der Waals surface area (Å²) in [6.45, 7) is 3.38. The number of thioether (sulfide) groups is 1. The maximum atomic E-state index is 12.6. The number of aromatic hydroxyl groups is 1. The largest absolute Gasteiger partial charge is 0.507 e. The van der Waals surface area contributed by atoms with Gasteiger partial charge in [0.2, 0.25) is 5.91 Å². The van der Waals surface area contributed by atoms with Crippen molar-refractivity contribution in [3.8, 4) is 5.75 Å². The molecule has 1 aromatic rings. The Hall–Kier alpha value is -1.94. The molecule has 1 rings (SSSR count). The van der Waals surface area contributed by atoms with Crippen molar-refractivity contribution in [3.63, 3.8) is 0 Å². The minimum Gasteiger partial charge on any atom is -0.507 e. The summed E-state index contributed by atoms with van der Waals surface area (Å²) in [4.78, 5) is 19.4. The van der Waals surface area contributed by atoms with E-state index in [1.165, 1.54) is 11.8 Å². The second kappa shape index (κ2) is 14.3. The minimum absolute atomic E-state index is 0.173. The topological polar surface area (TPSA) is 113 Å². The van der Waals surface area contributed by atoms with Crippen molar-refractivity contribution in [3.05, 3.63) is 29.3 Å². The lowest BCUT2D eigenvalue weighted by molar-refractivity contribution is -0.138. The third-order valence-corrected chi connectivity index (χ3v) is 3.37. The molecule has 0 fully saturated rings. The van der Waals surface area contributed by atoms with E-state index in [-0.39, 0.29) is 31.4 Å². The first-order valence-corrected chi connectivity index (χ1v) is 8.91. The molecule has 1 aromatic carbocycles. The summed E-state index contributed by atoms with van der Waals surface area (Å²) in [5.41, 5.74) is 4.41. The summed E-state index contributed by atoms with van der Waals surface area (Å²) in [5, 5.41) is 18.6. The number of amides is 1. The van der Waals surface area contributed by atoms with Gasteiger partial charge in [-0.15, -0.1) is 0 Å². The Morgan fingerprint density at radius 1 is 1.42 bits per heavy atom. The van der Waals surface area contributed by atoms with Crippen LogP contribution >= 0.6 is 11.8 Å². The number of rotatable bonds is 5. The van der Waals surface area contributed by atoms with Crippen molar-refractivity contribution in [2.75, 3.05) is 18.6 Å². The normalized spacial score (nSPS) is 11.2. The van der Waals surface area contributed by atoms with Gasteiger partial charge < -0.3 is 21.3 Å². The van der Waals surface area contributed by atoms with E-state index in [0.29, 0.717) is 5.56 Å². The van der Waals surface area contributed by atoms with Crippen LogP contribution in [0.4, 0.5) is 13.2 Å². The van der Waals surface area contributed by atoms with Crippen LogP contribution in [0.2, 0.25) is 0 Å². The number of phenols is 1. The molecule has 0 bridgehead atoms. The molecule has 0 aliphatic rings. The molecule has 6 nitrogen and oxygen atoms in total. The summed E-state index contributed by atoms with van der Waals surface area (Å²) in [6.07, 6.45) is -2.29. The first kappa shape index (κ1) is 26.3. The number of carboxylic acid groups (broad SMARTS) is 1. The van der Waals surface area contributed by atoms with E-state index in [4.69, 9.17) is 15.6 Å². The quantitative estimate of drug-likeness (QED) is 0.567. The van der Waals surface area contributed by atoms with Gasteiger partial charge in [-0.3, -0.25) is 9.59 Å². The third-order valence-electron chi connectivity index (χ3n) is 2.79. The fraction of sp³-hybridized carbons (Fsp3) is 0.500. The molecule has 0 aromatic heterocycles. The Morgan fingerprint density at radius 3 is 2.31 bits per heavy atom. The van der Waals surface area contributed by atoms with Crippen molar-refractivity contribution in [1.29, 1.82) is 0 Å². The molecular weight excluding hydrogens is 373 g/mol. The number of phenolic OH excluding ortho intramolecular Hbond substituents is 1. The minimum atomic E-state index is -4.61. The maximum Gasteiger partial charge on any atom is 0.419 e. The number of nitrogens with two attached hydrogens (primary N) is 1. The van der Waals surface area contributed by atoms with Gasteiger partial charge in [-0.25, -0.2) is 0 Å². The van der Waals surface area contributed by atoms with Crippen LogP contribution < -0.4 is 11.1 Å². The molecule has 0 unspecified atom stereocenters. The number of nitrogens with one attached hydrogen (secondary N) is 1. The van der Waals surface area contributed by atoms with E-state index in [1.54, 1.807) is 6.92 Å². The van der Waals surface area contributed by atoms with E-state index >= 15 is 0 Å². The highest BCUT2D eigenvalue weighted by molar-refractivity contribution is 7.98. The average molecular weight is 398 g/mol. The van der Waals surface area contributed by atoms with Crippen LogP contribution in [-0.4, -0.2) is 47.2 Å². The summed E-state index contributed by atoms with van der Waals surface area (Å²) < 4.78 is 37.8. The Labute approximate surface area is 155 Å². The van der Waals surface area contributed by atoms with Crippen LogP contribution in [0.3, 0.4) is 0 Å². The Kier molecular flexibility index (Phi) is 14.4. The van der Waals surface area contributed by atoms with Crippen LogP contribution in [0.5, 0.6) is 5.75 Å². The Bertz CT molecular complexity index is 541. The molecular formula is C16H25F3N2O4S. The zero-order valence-electron chi connectivity index (χ0n) is 14.8. The highest BCUT2D eigenvalue weighted by Crippen LogP contribution is 2.36. The first-order valence-electron chi connectivity index (χ1n) is 7.52. The summed E-state index contributed by atoms with van der Waals surface area (Å²) in [6, 6.07) is 2.91. The van der Waals surface area contributed by atoms with Crippen molar-refractivity contribution in [2.24, 2.45) is 5.73 Å². The summed E-state index contributed by atoms with van der Waals surface area (Å²) >= 11 is 1.86. The van der Waals surface area contributed by atoms with E-state index in [1.807, 2.05) is 11.8 Å². The lowest BCUT2D eigenvalue weighted by atomic mass is 10.0. The van der Waals surface area contributed by atoms with Crippen LogP contribution in [0.25, 0.3) is 0 Å². The van der Waals surface area contributed by atoms with Gasteiger partial charge in [0.15, 0.2) is 0 Å². The smallest absolute Gasteiger partial charge is 0.419 e. The third kappa shape index (κ3) is 12.4. The number of halogens is 3. The zero-order valence-corrected chi connectivity index (χ0v) is 15.7. The molecule has 0 heterocycles. The SMILES string of the molecule is CCSC.C[C@H](Cc1ccc(O)c(C(F)(F)F)c1)NC(=O)CN.O=CO. The maximum absolute atomic E-state index is 12.6. The first-order chi connectivity index (χ1) is 12.1. The summed E-state index contributed by atoms with van der Waals surface area (Å²) in [7, 11) is 0. The molecule has 1 amide bonds. The molecule has 150 valence electrons. The van der Waals surface area contributed by atoms with Crippen LogP contribution in [0, 0.1) is 0 Å². The van der Waals surface area contributed by atoms with Crippen molar-refractivity contribution < 1.29 is 33.0 Å². The zero-order chi connectivity index (χ0) is 20.8. The number of alkyl halides is 3. The van der Waals surface area contributed by atoms with Crippen molar-refractivity contribution in [1.82, 2.24) is 5.32 Å². The molecule has 0 spiro atoms. The lowest BCUT2D eigenvalue weighted by Crippen LogP contribution is -2.38. The molecule has 0 radical (unpaired) electrons. The van der Waals surface area contributed by atoms with Gasteiger partial charge in [0.05, 0.1) is 12.1 Å². The van der Waals surface area contributed by atoms with Gasteiger partial charge >= 0.3 is 6.18 Å². The number of hydrogen-bond acceptors (Lipinski definition) is 5. The average Bonchev–Trinajstić information content (AvgIpc) is 2.56. The predicted octanol–water partition coefficient (Wildman–Crippen LogP) is 2.49. The van der Waals surface area contributed by atoms with Crippen LogP contribution in [0.15, 0.2) is 18.2 Å². The van der Waals surface area contributed by atoms with Crippen LogP contribution in [0.1, 0.15) is 25.0 Å². The van der Waals surface area contributed by atoms with Gasteiger partial charge in [0.25, 0.3) is 6.47 Å². The number of carbonyl (C=O) groups is 2. The van der Waals surface area contributed by atoms with Gasteiger partial charge in [-0.1, -0.05) is 13.0 Å². The molecule has 0 saturated heterocycles. The van der Waals surface area contributed by atoms with Gasteiger partial charge in [0, 0.05) is 6.04 Å². The Morgan fingerprint density at radius 2 is 1.92 bits per heavy atom. The van der Waals surface area contributed by atoms with Crippen molar-refractivity contribution in [2.45, 2.75) is 32.5 Å². The van der Waals surface area contributed by atoms with E-state index in [2.05, 4.69) is 18.5 Å². The summed E-state index contributed by atoms with van der Waals surface area (Å²) in [5.74, 6) is 0.0530. The highest BCUT2D eigenvalue weighted by Gasteiger charge is 2.34. The van der Waals surface area contributed by atoms with Gasteiger partial charge in [-0.05, 0) is 43.0 Å². The fourth-order valence-electron chi connectivity index (χ4n) is 1.68. The number of hydrogen-bond donors (Lipinski definition) is 4. The van der Waals surface area contributed by atoms with E-state index < -0.39 is 17.5 Å². The molecule has 0 saturated carbocycles. The van der Waals surface area contributed by atoms with E-state index in [9.17, 15) is 23.1 Å². The van der Waals surface area contributed by atoms with E-state index in [0.717, 1.165) is 12.1 Å². The highest BCUT2D eigenvalue weighted by atomic mass is 32.2. The molecule has 1 atom stereocenters. The molecule has 0 aliphatic carbocycles. The number of benzene rings is 1. The Balaban J connectivity index is 0. The van der Waals surface area contributed by atoms with Gasteiger partial charge in [0.1, 0.15) is 5.75 Å². The van der Waals surface area contributed by atoms with Crippen LogP contribution in [-0.2, 0) is 22.2 Å². The molecule has 5 N–H and O–H groups in total. The molecule has 0 aliphatic heterocycles. The second-order valence-corrected chi connectivity index (χ2v) is 6.06. The standard InChI is InChI=1S/C12H15F3N2O2.C3H8S.CH2O2/c1-7(17-11(19)6-16)4-8-2-3-10(18)9(5-8)12(13,14)15;1-3-4-2;2-1-3/h2-3,5,7,18H,4,6,16H2,1H3,(H,17,19);3H2,1-2H3;1H,(H,2,3)/t7-;;/m1../s1. The van der Waals surface area contributed by atoms with Gasteiger partial charge in [-0.2, -0.15) is 24.9 Å². The lowest BCUT2D eigenvalue weighted by Gasteiger charge is -2.15. The fourth-order valence-corrected chi connectivity index (χ4v) is 1.68. The number of carbonyl (C=O) groups excluding carboxylic acids is 1. The predicted molar refractivity (Wildman–Crippen MR) is 96.2 cm³/mol. The molecule has 10 heteroatoms. The monoisotopic (exact) mass is 398 g/mol. The second-order valence-electron chi connectivity index (χ2n) is 4.91. The molecule has 26 heavy (non-hydrogen) atoms. The van der Waals surface area contributed by atoms with Crippen molar-refractivity contribution >= 4 is 24.1 Å².